The quantitative estimate of drug-likeness (QED) is 0.667. The van der Waals surface area contributed by atoms with Crippen molar-refractivity contribution >= 4 is 31.7 Å². The van der Waals surface area contributed by atoms with Crippen molar-refractivity contribution in [1.29, 1.82) is 0 Å². The molecular formula is C5H10BrNO4S. The van der Waals surface area contributed by atoms with Crippen molar-refractivity contribution in [3.8, 4) is 0 Å². The van der Waals surface area contributed by atoms with Crippen molar-refractivity contribution in [3.63, 3.8) is 0 Å². The second-order valence-corrected chi connectivity index (χ2v) is 6.36. The van der Waals surface area contributed by atoms with Gasteiger partial charge >= 0.3 is 5.97 Å². The first-order valence-corrected chi connectivity index (χ1v) is 5.93. The minimum Gasteiger partial charge on any atom is -0.480 e. The summed E-state index contributed by atoms with van der Waals surface area (Å²) in [7, 11) is -3.26. The Balaban J connectivity index is 4.20. The second-order valence-electron chi connectivity index (χ2n) is 2.42. The van der Waals surface area contributed by atoms with Crippen LogP contribution in [-0.2, 0) is 14.6 Å². The van der Waals surface area contributed by atoms with E-state index in [-0.39, 0.29) is 6.42 Å². The first-order valence-electron chi connectivity index (χ1n) is 3.06. The van der Waals surface area contributed by atoms with Gasteiger partial charge < -0.3 is 10.8 Å². The molecule has 0 spiro atoms. The zero-order valence-electron chi connectivity index (χ0n) is 6.40. The number of carboxylic acid groups (broad SMARTS) is 1. The van der Waals surface area contributed by atoms with E-state index in [9.17, 15) is 13.2 Å². The average molecular weight is 260 g/mol. The lowest BCUT2D eigenvalue weighted by molar-refractivity contribution is -0.138. The highest BCUT2D eigenvalue weighted by atomic mass is 79.9. The lowest BCUT2D eigenvalue weighted by Crippen LogP contribution is -2.34. The summed E-state index contributed by atoms with van der Waals surface area (Å²) in [5.74, 6) is -1.21. The van der Waals surface area contributed by atoms with Crippen LogP contribution in [0.1, 0.15) is 6.42 Å². The van der Waals surface area contributed by atoms with Crippen LogP contribution in [-0.4, -0.2) is 36.0 Å². The molecular weight excluding hydrogens is 250 g/mol. The Hall–Kier alpha value is -0.140. The van der Waals surface area contributed by atoms with Crippen LogP contribution in [0.15, 0.2) is 0 Å². The van der Waals surface area contributed by atoms with Crippen LogP contribution in [0.5, 0.6) is 0 Å². The van der Waals surface area contributed by atoms with Gasteiger partial charge in [0.2, 0.25) is 0 Å². The van der Waals surface area contributed by atoms with E-state index in [0.717, 1.165) is 6.26 Å². The van der Waals surface area contributed by atoms with Crippen molar-refractivity contribution in [2.24, 2.45) is 5.73 Å². The first-order chi connectivity index (χ1) is 5.25. The highest BCUT2D eigenvalue weighted by molar-refractivity contribution is 9.11. The molecule has 0 aromatic carbocycles. The highest BCUT2D eigenvalue weighted by Crippen LogP contribution is 2.13. The van der Waals surface area contributed by atoms with E-state index in [2.05, 4.69) is 15.9 Å². The van der Waals surface area contributed by atoms with E-state index in [1.165, 1.54) is 0 Å². The Morgan fingerprint density at radius 3 is 2.33 bits per heavy atom. The third kappa shape index (κ3) is 4.03. The maximum Gasteiger partial charge on any atom is 0.320 e. The molecule has 0 fully saturated rings. The molecule has 0 bridgehead atoms. The molecule has 0 saturated carbocycles. The minimum absolute atomic E-state index is 0.131. The van der Waals surface area contributed by atoms with Crippen molar-refractivity contribution in [2.45, 2.75) is 16.6 Å². The lowest BCUT2D eigenvalue weighted by atomic mass is 10.2. The summed E-state index contributed by atoms with van der Waals surface area (Å²) in [6.45, 7) is 0. The standard InChI is InChI=1S/C5H10BrNO4S/c1-12(10,11)4(6)2-3(7)5(8)9/h3-4H,2,7H2,1H3,(H,8,9). The first kappa shape index (κ1) is 11.9. The molecule has 0 amide bonds. The normalized spacial score (nSPS) is 16.9. The van der Waals surface area contributed by atoms with Crippen molar-refractivity contribution < 1.29 is 18.3 Å². The van der Waals surface area contributed by atoms with Gasteiger partial charge in [0.1, 0.15) is 10.2 Å². The van der Waals surface area contributed by atoms with E-state index in [1.54, 1.807) is 0 Å². The maximum atomic E-state index is 10.8. The van der Waals surface area contributed by atoms with Crippen molar-refractivity contribution in [3.05, 3.63) is 0 Å². The average Bonchev–Trinajstić information content (AvgIpc) is 1.85. The number of aliphatic carboxylic acids is 1. The number of rotatable bonds is 4. The summed E-state index contributed by atoms with van der Waals surface area (Å²) >= 11 is 2.84. The van der Waals surface area contributed by atoms with Crippen LogP contribution in [0.3, 0.4) is 0 Å². The molecule has 0 rings (SSSR count). The van der Waals surface area contributed by atoms with Crippen molar-refractivity contribution in [2.75, 3.05) is 6.26 Å². The van der Waals surface area contributed by atoms with Gasteiger partial charge in [-0.2, -0.15) is 0 Å². The molecule has 0 aliphatic rings. The fourth-order valence-electron chi connectivity index (χ4n) is 0.475. The fraction of sp³-hybridized carbons (Fsp3) is 0.800. The topological polar surface area (TPSA) is 97.5 Å². The maximum absolute atomic E-state index is 10.8. The third-order valence-electron chi connectivity index (χ3n) is 1.22. The van der Waals surface area contributed by atoms with Crippen LogP contribution >= 0.6 is 15.9 Å². The summed E-state index contributed by atoms with van der Waals surface area (Å²) in [5.41, 5.74) is 5.12. The summed E-state index contributed by atoms with van der Waals surface area (Å²) in [6.07, 6.45) is 0.884. The second kappa shape index (κ2) is 4.20. The molecule has 2 atom stereocenters. The molecule has 0 aromatic heterocycles. The Bertz CT molecular complexity index is 263. The van der Waals surface area contributed by atoms with Gasteiger partial charge in [-0.05, 0) is 6.42 Å². The molecule has 5 nitrogen and oxygen atoms in total. The number of alkyl halides is 1. The van der Waals surface area contributed by atoms with Gasteiger partial charge in [0.05, 0.1) is 0 Å². The molecule has 12 heavy (non-hydrogen) atoms. The van der Waals surface area contributed by atoms with Crippen LogP contribution in [0.4, 0.5) is 0 Å². The largest absolute Gasteiger partial charge is 0.480 e. The summed E-state index contributed by atoms with van der Waals surface area (Å²) in [4.78, 5) is 10.2. The molecule has 0 radical (unpaired) electrons. The SMILES string of the molecule is CS(=O)(=O)C(Br)CC(N)C(=O)O. The smallest absolute Gasteiger partial charge is 0.320 e. The monoisotopic (exact) mass is 259 g/mol. The summed E-state index contributed by atoms with van der Waals surface area (Å²) in [6, 6.07) is -1.15. The van der Waals surface area contributed by atoms with Crippen LogP contribution < -0.4 is 5.73 Å². The van der Waals surface area contributed by atoms with E-state index in [1.807, 2.05) is 0 Å². The number of hydrogen-bond donors (Lipinski definition) is 2. The zero-order valence-corrected chi connectivity index (χ0v) is 8.80. The molecule has 0 aliphatic carbocycles. The van der Waals surface area contributed by atoms with E-state index in [0.29, 0.717) is 0 Å². The van der Waals surface area contributed by atoms with E-state index in [4.69, 9.17) is 10.8 Å². The van der Waals surface area contributed by atoms with Gasteiger partial charge in [0.25, 0.3) is 0 Å². The summed E-state index contributed by atoms with van der Waals surface area (Å²) < 4.78 is 20.7. The number of hydrogen-bond acceptors (Lipinski definition) is 4. The number of nitrogens with two attached hydrogens (primary N) is 1. The number of carboxylic acids is 1. The van der Waals surface area contributed by atoms with Gasteiger partial charge in [-0.1, -0.05) is 15.9 Å². The predicted octanol–water partition coefficient (Wildman–Crippen LogP) is -0.446. The van der Waals surface area contributed by atoms with Gasteiger partial charge in [0.15, 0.2) is 9.84 Å². The predicted molar refractivity (Wildman–Crippen MR) is 47.8 cm³/mol. The van der Waals surface area contributed by atoms with Gasteiger partial charge in [-0.15, -0.1) is 0 Å². The van der Waals surface area contributed by atoms with E-state index < -0.39 is 26.0 Å². The molecule has 0 saturated heterocycles. The molecule has 2 unspecified atom stereocenters. The van der Waals surface area contributed by atoms with Gasteiger partial charge in [-0.3, -0.25) is 4.79 Å². The van der Waals surface area contributed by atoms with E-state index >= 15 is 0 Å². The molecule has 7 heteroatoms. The molecule has 0 aromatic rings. The van der Waals surface area contributed by atoms with Crippen molar-refractivity contribution in [1.82, 2.24) is 0 Å². The summed E-state index contributed by atoms with van der Waals surface area (Å²) in [5, 5.41) is 8.36. The third-order valence-corrected chi connectivity index (χ3v) is 4.75. The fourth-order valence-corrected chi connectivity index (χ4v) is 1.43. The van der Waals surface area contributed by atoms with Gasteiger partial charge in [0, 0.05) is 6.26 Å². The zero-order chi connectivity index (χ0) is 9.94. The molecule has 0 aliphatic heterocycles. The lowest BCUT2D eigenvalue weighted by Gasteiger charge is -2.10. The molecule has 72 valence electrons. The number of carbonyl (C=O) groups is 1. The molecule has 3 N–H and O–H groups in total. The molecule has 0 heterocycles. The Morgan fingerprint density at radius 1 is 1.67 bits per heavy atom. The Morgan fingerprint density at radius 2 is 2.08 bits per heavy atom. The number of sulfone groups is 1. The van der Waals surface area contributed by atoms with Crippen LogP contribution in [0.2, 0.25) is 0 Å². The number of halogens is 1. The minimum atomic E-state index is -3.26. The Kier molecular flexibility index (Phi) is 4.15. The van der Waals surface area contributed by atoms with Crippen LogP contribution in [0.25, 0.3) is 0 Å². The highest BCUT2D eigenvalue weighted by Gasteiger charge is 2.23. The van der Waals surface area contributed by atoms with Gasteiger partial charge in [-0.25, -0.2) is 8.42 Å². The Labute approximate surface area is 79.0 Å². The van der Waals surface area contributed by atoms with Crippen LogP contribution in [0, 0.1) is 0 Å².